The van der Waals surface area contributed by atoms with Crippen LogP contribution in [0.4, 0.5) is 5.00 Å². The van der Waals surface area contributed by atoms with E-state index in [1.165, 1.54) is 17.4 Å². The number of esters is 1. The van der Waals surface area contributed by atoms with Gasteiger partial charge in [0.25, 0.3) is 5.91 Å². The Labute approximate surface area is 219 Å². The maximum Gasteiger partial charge on any atom is 0.341 e. The molecule has 0 spiro atoms. The summed E-state index contributed by atoms with van der Waals surface area (Å²) >= 11 is 1.27. The van der Waals surface area contributed by atoms with Crippen molar-refractivity contribution in [1.29, 1.82) is 5.26 Å². The molecule has 1 N–H and O–H groups in total. The molecule has 0 aliphatic heterocycles. The molecule has 0 saturated carbocycles. The molecule has 0 atom stereocenters. The fourth-order valence-corrected chi connectivity index (χ4v) is 4.99. The smallest absolute Gasteiger partial charge is 0.341 e. The van der Waals surface area contributed by atoms with Crippen LogP contribution in [0.25, 0.3) is 16.8 Å². The van der Waals surface area contributed by atoms with Crippen molar-refractivity contribution < 1.29 is 19.1 Å². The molecule has 6 nitrogen and oxygen atoms in total. The van der Waals surface area contributed by atoms with Gasteiger partial charge in [0, 0.05) is 10.4 Å². The maximum absolute atomic E-state index is 13.1. The predicted molar refractivity (Wildman–Crippen MR) is 147 cm³/mol. The molecular weight excluding hydrogens is 484 g/mol. The van der Waals surface area contributed by atoms with Crippen LogP contribution in [0.5, 0.6) is 5.75 Å². The minimum absolute atomic E-state index is 0.111. The van der Waals surface area contributed by atoms with Gasteiger partial charge in [-0.2, -0.15) is 5.26 Å². The molecule has 37 heavy (non-hydrogen) atoms. The van der Waals surface area contributed by atoms with E-state index in [9.17, 15) is 14.9 Å². The third-order valence-corrected chi connectivity index (χ3v) is 7.06. The summed E-state index contributed by atoms with van der Waals surface area (Å²) in [6.45, 7) is 5.94. The van der Waals surface area contributed by atoms with Gasteiger partial charge in [-0.3, -0.25) is 4.79 Å². The zero-order chi connectivity index (χ0) is 26.4. The lowest BCUT2D eigenvalue weighted by atomic mass is 10.1. The minimum atomic E-state index is -0.613. The zero-order valence-corrected chi connectivity index (χ0v) is 21.6. The van der Waals surface area contributed by atoms with E-state index in [1.54, 1.807) is 26.0 Å². The lowest BCUT2D eigenvalue weighted by Crippen LogP contribution is -2.16. The molecule has 0 bridgehead atoms. The molecule has 0 radical (unpaired) electrons. The van der Waals surface area contributed by atoms with Crippen LogP contribution < -0.4 is 10.1 Å². The number of carbonyl (C=O) groups is 2. The quantitative estimate of drug-likeness (QED) is 0.160. The van der Waals surface area contributed by atoms with E-state index in [1.807, 2.05) is 49.4 Å². The van der Waals surface area contributed by atoms with Gasteiger partial charge in [-0.25, -0.2) is 4.79 Å². The topological polar surface area (TPSA) is 88.4 Å². The average molecular weight is 511 g/mol. The summed E-state index contributed by atoms with van der Waals surface area (Å²) in [6.07, 6.45) is 1.49. The zero-order valence-electron chi connectivity index (χ0n) is 20.8. The van der Waals surface area contributed by atoms with Crippen molar-refractivity contribution >= 4 is 45.1 Å². The van der Waals surface area contributed by atoms with Crippen LogP contribution in [0.2, 0.25) is 0 Å². The van der Waals surface area contributed by atoms with Crippen molar-refractivity contribution in [3.8, 4) is 11.8 Å². The second kappa shape index (κ2) is 11.5. The van der Waals surface area contributed by atoms with E-state index < -0.39 is 11.9 Å². The van der Waals surface area contributed by atoms with Crippen LogP contribution in [0.3, 0.4) is 0 Å². The standard InChI is InChI=1S/C30H26N2O4S/c1-4-35-30(34)27-19(2)20(3)37-29(27)32-28(33)24(17-31)16-22-11-6-8-15-26(22)36-18-23-13-9-12-21-10-5-7-14-25(21)23/h5-16H,4,18H2,1-3H3,(H,32,33)/b24-16+. The molecule has 1 heterocycles. The number of amides is 1. The number of ether oxygens (including phenoxy) is 2. The Hall–Kier alpha value is -4.41. The first-order valence-corrected chi connectivity index (χ1v) is 12.6. The normalized spacial score (nSPS) is 11.1. The van der Waals surface area contributed by atoms with Gasteiger partial charge in [0.1, 0.15) is 29.0 Å². The summed E-state index contributed by atoms with van der Waals surface area (Å²) in [6, 6.07) is 23.4. The molecular formula is C30H26N2O4S. The third kappa shape index (κ3) is 5.71. The highest BCUT2D eigenvalue weighted by Crippen LogP contribution is 2.33. The first kappa shape index (κ1) is 25.7. The molecule has 0 aliphatic carbocycles. The van der Waals surface area contributed by atoms with Gasteiger partial charge < -0.3 is 14.8 Å². The van der Waals surface area contributed by atoms with Crippen molar-refractivity contribution in [1.82, 2.24) is 0 Å². The number of nitriles is 1. The molecule has 7 heteroatoms. The van der Waals surface area contributed by atoms with E-state index in [2.05, 4.69) is 23.5 Å². The summed E-state index contributed by atoms with van der Waals surface area (Å²) < 4.78 is 11.3. The number of thiophene rings is 1. The number of hydrogen-bond donors (Lipinski definition) is 1. The number of fused-ring (bicyclic) bond motifs is 1. The molecule has 1 aromatic heterocycles. The fourth-order valence-electron chi connectivity index (χ4n) is 3.94. The largest absolute Gasteiger partial charge is 0.488 e. The van der Waals surface area contributed by atoms with E-state index in [0.29, 0.717) is 28.5 Å². The molecule has 0 fully saturated rings. The highest BCUT2D eigenvalue weighted by atomic mass is 32.1. The summed E-state index contributed by atoms with van der Waals surface area (Å²) in [5.41, 5.74) is 2.57. The monoisotopic (exact) mass is 510 g/mol. The average Bonchev–Trinajstić information content (AvgIpc) is 3.18. The lowest BCUT2D eigenvalue weighted by molar-refractivity contribution is -0.112. The van der Waals surface area contributed by atoms with E-state index >= 15 is 0 Å². The second-order valence-corrected chi connectivity index (χ2v) is 9.52. The predicted octanol–water partition coefficient (Wildman–Crippen LogP) is 6.82. The lowest BCUT2D eigenvalue weighted by Gasteiger charge is -2.12. The first-order valence-electron chi connectivity index (χ1n) is 11.8. The highest BCUT2D eigenvalue weighted by Gasteiger charge is 2.23. The molecule has 3 aromatic carbocycles. The molecule has 1 amide bonds. The molecule has 0 unspecified atom stereocenters. The van der Waals surface area contributed by atoms with E-state index in [0.717, 1.165) is 26.8 Å². The Morgan fingerprint density at radius 3 is 2.54 bits per heavy atom. The van der Waals surface area contributed by atoms with Gasteiger partial charge in [-0.1, -0.05) is 60.7 Å². The first-order chi connectivity index (χ1) is 17.9. The molecule has 4 aromatic rings. The molecule has 186 valence electrons. The Bertz CT molecular complexity index is 1540. The van der Waals surface area contributed by atoms with Crippen LogP contribution in [-0.4, -0.2) is 18.5 Å². The number of anilines is 1. The van der Waals surface area contributed by atoms with Gasteiger partial charge in [-0.15, -0.1) is 11.3 Å². The molecule has 0 saturated heterocycles. The van der Waals surface area contributed by atoms with Crippen molar-refractivity contribution in [2.75, 3.05) is 11.9 Å². The molecule has 4 rings (SSSR count). The number of rotatable bonds is 8. The van der Waals surface area contributed by atoms with Crippen molar-refractivity contribution in [2.24, 2.45) is 0 Å². The Morgan fingerprint density at radius 1 is 1.03 bits per heavy atom. The van der Waals surface area contributed by atoms with Gasteiger partial charge >= 0.3 is 5.97 Å². The number of aryl methyl sites for hydroxylation is 1. The number of nitrogens with zero attached hydrogens (tertiary/aromatic N) is 1. The van der Waals surface area contributed by atoms with Crippen molar-refractivity contribution in [2.45, 2.75) is 27.4 Å². The Morgan fingerprint density at radius 2 is 1.76 bits per heavy atom. The van der Waals surface area contributed by atoms with Gasteiger partial charge in [-0.05, 0) is 54.8 Å². The fraction of sp³-hybridized carbons (Fsp3) is 0.167. The Balaban J connectivity index is 1.58. The maximum atomic E-state index is 13.1. The summed E-state index contributed by atoms with van der Waals surface area (Å²) in [5, 5.41) is 15.1. The summed E-state index contributed by atoms with van der Waals surface area (Å²) in [7, 11) is 0. The highest BCUT2D eigenvalue weighted by molar-refractivity contribution is 7.16. The van der Waals surface area contributed by atoms with E-state index in [-0.39, 0.29) is 12.2 Å². The second-order valence-electron chi connectivity index (χ2n) is 8.30. The number of nitrogens with one attached hydrogen (secondary N) is 1. The van der Waals surface area contributed by atoms with Crippen molar-refractivity contribution in [3.05, 3.63) is 99.4 Å². The minimum Gasteiger partial charge on any atom is -0.488 e. The SMILES string of the molecule is CCOC(=O)c1c(NC(=O)/C(C#N)=C/c2ccccc2OCc2cccc3ccccc23)sc(C)c1C. The van der Waals surface area contributed by atoms with Crippen LogP contribution >= 0.6 is 11.3 Å². The Kier molecular flexibility index (Phi) is 8.02. The van der Waals surface area contributed by atoms with Crippen LogP contribution in [0.15, 0.2) is 72.3 Å². The molecule has 0 aliphatic rings. The number of para-hydroxylation sites is 1. The van der Waals surface area contributed by atoms with Gasteiger partial charge in [0.2, 0.25) is 0 Å². The third-order valence-electron chi connectivity index (χ3n) is 5.94. The number of benzene rings is 3. The van der Waals surface area contributed by atoms with Gasteiger partial charge in [0.05, 0.1) is 12.2 Å². The summed E-state index contributed by atoms with van der Waals surface area (Å²) in [5.74, 6) is -0.571. The number of hydrogen-bond acceptors (Lipinski definition) is 6. The van der Waals surface area contributed by atoms with Crippen LogP contribution in [-0.2, 0) is 16.1 Å². The summed E-state index contributed by atoms with van der Waals surface area (Å²) in [4.78, 5) is 26.4. The van der Waals surface area contributed by atoms with Crippen LogP contribution in [0.1, 0.15) is 38.8 Å². The van der Waals surface area contributed by atoms with Crippen molar-refractivity contribution in [3.63, 3.8) is 0 Å². The van der Waals surface area contributed by atoms with Crippen LogP contribution in [0, 0.1) is 25.2 Å². The number of carbonyl (C=O) groups excluding carboxylic acids is 2. The van der Waals surface area contributed by atoms with Gasteiger partial charge in [0.15, 0.2) is 0 Å². The van der Waals surface area contributed by atoms with E-state index in [4.69, 9.17) is 9.47 Å².